The molecule has 0 saturated heterocycles. The van der Waals surface area contributed by atoms with Gasteiger partial charge in [0.15, 0.2) is 0 Å². The van der Waals surface area contributed by atoms with Crippen LogP contribution in [0.3, 0.4) is 0 Å². The molecule has 0 aliphatic heterocycles. The Morgan fingerprint density at radius 1 is 1.33 bits per heavy atom. The average Bonchev–Trinajstić information content (AvgIpc) is 2.48. The minimum Gasteiger partial charge on any atom is -0.211 e. The van der Waals surface area contributed by atoms with E-state index in [4.69, 9.17) is 0 Å². The topological polar surface area (TPSA) is 0 Å². The van der Waals surface area contributed by atoms with Gasteiger partial charge in [-0.15, -0.1) is 0 Å². The van der Waals surface area contributed by atoms with E-state index in [-0.39, 0.29) is 6.42 Å². The van der Waals surface area contributed by atoms with Crippen LogP contribution in [0.25, 0.3) is 0 Å². The van der Waals surface area contributed by atoms with Crippen molar-refractivity contribution >= 4 is 0 Å². The fourth-order valence-corrected chi connectivity index (χ4v) is 0.967. The van der Waals surface area contributed by atoms with Gasteiger partial charge in [0.25, 0.3) is 0 Å². The molecule has 0 aromatic rings. The Hall–Kier alpha value is -0.140. The zero-order chi connectivity index (χ0) is 6.69. The molecule has 9 heavy (non-hydrogen) atoms. The maximum Gasteiger partial charge on any atom is 0.238 e. The van der Waals surface area contributed by atoms with Gasteiger partial charge in [0.2, 0.25) is 6.43 Å². The van der Waals surface area contributed by atoms with Crippen molar-refractivity contribution in [2.45, 2.75) is 38.5 Å². The van der Waals surface area contributed by atoms with Crippen LogP contribution in [0.1, 0.15) is 32.1 Å². The first-order chi connectivity index (χ1) is 4.29. The van der Waals surface area contributed by atoms with Crippen LogP contribution in [0, 0.1) is 5.92 Å². The Morgan fingerprint density at radius 3 is 2.44 bits per heavy atom. The Labute approximate surface area is 54.3 Å². The average molecular weight is 134 g/mol. The molecule has 0 heterocycles. The Kier molecular flexibility index (Phi) is 2.43. The van der Waals surface area contributed by atoms with E-state index in [0.717, 1.165) is 18.8 Å². The van der Waals surface area contributed by atoms with Crippen molar-refractivity contribution in [3.05, 3.63) is 0 Å². The zero-order valence-corrected chi connectivity index (χ0v) is 5.45. The highest BCUT2D eigenvalue weighted by molar-refractivity contribution is 4.72. The monoisotopic (exact) mass is 134 g/mol. The summed E-state index contributed by atoms with van der Waals surface area (Å²) in [5.41, 5.74) is 0. The SMILES string of the molecule is FC(F)CCCC1CC1. The smallest absolute Gasteiger partial charge is 0.211 e. The molecule has 1 aliphatic rings. The van der Waals surface area contributed by atoms with Gasteiger partial charge < -0.3 is 0 Å². The lowest BCUT2D eigenvalue weighted by molar-refractivity contribution is 0.133. The predicted molar refractivity (Wildman–Crippen MR) is 32.6 cm³/mol. The van der Waals surface area contributed by atoms with Gasteiger partial charge in [0.05, 0.1) is 0 Å². The van der Waals surface area contributed by atoms with Crippen molar-refractivity contribution in [2.24, 2.45) is 5.92 Å². The van der Waals surface area contributed by atoms with E-state index < -0.39 is 6.43 Å². The van der Waals surface area contributed by atoms with Crippen LogP contribution in [-0.2, 0) is 0 Å². The van der Waals surface area contributed by atoms with Gasteiger partial charge in [-0.1, -0.05) is 19.3 Å². The Balaban J connectivity index is 1.81. The lowest BCUT2D eigenvalue weighted by Crippen LogP contribution is -1.89. The van der Waals surface area contributed by atoms with E-state index in [0.29, 0.717) is 0 Å². The van der Waals surface area contributed by atoms with Crippen LogP contribution < -0.4 is 0 Å². The maximum atomic E-state index is 11.5. The van der Waals surface area contributed by atoms with Crippen molar-refractivity contribution in [3.8, 4) is 0 Å². The number of rotatable bonds is 4. The molecule has 0 aromatic carbocycles. The molecule has 1 saturated carbocycles. The molecule has 0 amide bonds. The molecule has 0 radical (unpaired) electrons. The van der Waals surface area contributed by atoms with Gasteiger partial charge in [0, 0.05) is 6.42 Å². The van der Waals surface area contributed by atoms with E-state index >= 15 is 0 Å². The van der Waals surface area contributed by atoms with Gasteiger partial charge in [-0.25, -0.2) is 8.78 Å². The summed E-state index contributed by atoms with van der Waals surface area (Å²) >= 11 is 0. The zero-order valence-electron chi connectivity index (χ0n) is 5.45. The van der Waals surface area contributed by atoms with E-state index in [9.17, 15) is 8.78 Å². The minimum atomic E-state index is -2.08. The standard InChI is InChI=1S/C7H12F2/c8-7(9)3-1-2-6-4-5-6/h6-7H,1-5H2. The van der Waals surface area contributed by atoms with Gasteiger partial charge in [0.1, 0.15) is 0 Å². The lowest BCUT2D eigenvalue weighted by Gasteiger charge is -1.95. The number of hydrogen-bond donors (Lipinski definition) is 0. The maximum absolute atomic E-state index is 11.5. The third kappa shape index (κ3) is 3.44. The summed E-state index contributed by atoms with van der Waals surface area (Å²) in [5.74, 6) is 0.809. The second-order valence-electron chi connectivity index (χ2n) is 2.77. The first-order valence-corrected chi connectivity index (χ1v) is 3.57. The second-order valence-corrected chi connectivity index (χ2v) is 2.77. The third-order valence-corrected chi connectivity index (χ3v) is 1.73. The van der Waals surface area contributed by atoms with E-state index in [1.807, 2.05) is 0 Å². The number of halogens is 2. The quantitative estimate of drug-likeness (QED) is 0.554. The molecule has 54 valence electrons. The van der Waals surface area contributed by atoms with E-state index in [2.05, 4.69) is 0 Å². The summed E-state index contributed by atoms with van der Waals surface area (Å²) in [4.78, 5) is 0. The van der Waals surface area contributed by atoms with Gasteiger partial charge in [-0.3, -0.25) is 0 Å². The molecule has 0 unspecified atom stereocenters. The van der Waals surface area contributed by atoms with Crippen molar-refractivity contribution in [3.63, 3.8) is 0 Å². The normalized spacial score (nSPS) is 19.0. The van der Waals surface area contributed by atoms with Crippen molar-refractivity contribution < 1.29 is 8.78 Å². The van der Waals surface area contributed by atoms with Crippen LogP contribution in [0.4, 0.5) is 8.78 Å². The van der Waals surface area contributed by atoms with Crippen LogP contribution >= 0.6 is 0 Å². The van der Waals surface area contributed by atoms with Crippen LogP contribution in [-0.4, -0.2) is 6.43 Å². The lowest BCUT2D eigenvalue weighted by atomic mass is 10.2. The molecule has 1 fully saturated rings. The van der Waals surface area contributed by atoms with Crippen LogP contribution in [0.2, 0.25) is 0 Å². The van der Waals surface area contributed by atoms with Crippen LogP contribution in [0.5, 0.6) is 0 Å². The molecular formula is C7H12F2. The Morgan fingerprint density at radius 2 is 2.00 bits per heavy atom. The summed E-state index contributed by atoms with van der Waals surface area (Å²) in [6, 6.07) is 0. The molecular weight excluding hydrogens is 122 g/mol. The van der Waals surface area contributed by atoms with Crippen molar-refractivity contribution in [2.75, 3.05) is 0 Å². The Bertz CT molecular complexity index is 75.0. The highest BCUT2D eigenvalue weighted by Gasteiger charge is 2.20. The summed E-state index contributed by atoms with van der Waals surface area (Å²) in [7, 11) is 0. The first-order valence-electron chi connectivity index (χ1n) is 3.57. The molecule has 0 aromatic heterocycles. The highest BCUT2D eigenvalue weighted by Crippen LogP contribution is 2.34. The van der Waals surface area contributed by atoms with Gasteiger partial charge in [-0.05, 0) is 12.3 Å². The molecule has 1 aliphatic carbocycles. The largest absolute Gasteiger partial charge is 0.238 e. The third-order valence-electron chi connectivity index (χ3n) is 1.73. The van der Waals surface area contributed by atoms with Crippen molar-refractivity contribution in [1.82, 2.24) is 0 Å². The summed E-state index contributed by atoms with van der Waals surface area (Å²) in [5, 5.41) is 0. The fourth-order valence-electron chi connectivity index (χ4n) is 0.967. The molecule has 0 nitrogen and oxygen atoms in total. The number of alkyl halides is 2. The highest BCUT2D eigenvalue weighted by atomic mass is 19.3. The van der Waals surface area contributed by atoms with E-state index in [1.54, 1.807) is 0 Å². The summed E-state index contributed by atoms with van der Waals surface area (Å²) in [6.45, 7) is 0. The molecule has 0 spiro atoms. The van der Waals surface area contributed by atoms with Gasteiger partial charge in [-0.2, -0.15) is 0 Å². The molecule has 0 atom stereocenters. The van der Waals surface area contributed by atoms with Crippen molar-refractivity contribution in [1.29, 1.82) is 0 Å². The summed E-state index contributed by atoms with van der Waals surface area (Å²) in [6.07, 6.45) is 2.35. The predicted octanol–water partition coefficient (Wildman–Crippen LogP) is 2.83. The molecule has 2 heteroatoms. The first kappa shape index (κ1) is 6.97. The molecule has 0 N–H and O–H groups in total. The second kappa shape index (κ2) is 3.14. The number of hydrogen-bond acceptors (Lipinski definition) is 0. The molecule has 1 rings (SSSR count). The van der Waals surface area contributed by atoms with Crippen LogP contribution in [0.15, 0.2) is 0 Å². The summed E-state index contributed by atoms with van der Waals surface area (Å²) < 4.78 is 23.0. The van der Waals surface area contributed by atoms with E-state index in [1.165, 1.54) is 12.8 Å². The fraction of sp³-hybridized carbons (Fsp3) is 1.00. The molecule has 0 bridgehead atoms. The minimum absolute atomic E-state index is 0.108. The van der Waals surface area contributed by atoms with Gasteiger partial charge >= 0.3 is 0 Å².